The lowest BCUT2D eigenvalue weighted by Gasteiger charge is -2.39. The van der Waals surface area contributed by atoms with Crippen molar-refractivity contribution >= 4 is 5.91 Å². The van der Waals surface area contributed by atoms with Crippen molar-refractivity contribution in [2.75, 3.05) is 34.4 Å². The Morgan fingerprint density at radius 3 is 2.33 bits per heavy atom. The summed E-state index contributed by atoms with van der Waals surface area (Å²) >= 11 is 0. The van der Waals surface area contributed by atoms with Gasteiger partial charge in [-0.15, -0.1) is 0 Å². The van der Waals surface area contributed by atoms with Crippen LogP contribution < -0.4 is 14.8 Å². The summed E-state index contributed by atoms with van der Waals surface area (Å²) in [4.78, 5) is 14.5. The van der Waals surface area contributed by atoms with Gasteiger partial charge in [-0.3, -0.25) is 4.79 Å². The number of likely N-dealkylation sites (tertiary alicyclic amines) is 1. The molecule has 1 saturated heterocycles. The summed E-state index contributed by atoms with van der Waals surface area (Å²) in [7, 11) is 5.14. The van der Waals surface area contributed by atoms with Crippen LogP contribution in [0.3, 0.4) is 0 Å². The topological polar surface area (TPSA) is 50.8 Å². The van der Waals surface area contributed by atoms with Gasteiger partial charge in [0.15, 0.2) is 11.5 Å². The predicted octanol–water partition coefficient (Wildman–Crippen LogP) is 1.92. The van der Waals surface area contributed by atoms with Gasteiger partial charge in [-0.05, 0) is 45.0 Å². The number of nitrogens with one attached hydrogen (secondary N) is 1. The lowest BCUT2D eigenvalue weighted by Crippen LogP contribution is -2.51. The van der Waals surface area contributed by atoms with E-state index in [9.17, 15) is 4.79 Å². The van der Waals surface area contributed by atoms with Crippen molar-refractivity contribution in [3.63, 3.8) is 0 Å². The molecule has 1 aliphatic heterocycles. The number of methoxy groups -OCH3 is 2. The fourth-order valence-corrected chi connectivity index (χ4v) is 2.61. The molecule has 5 nitrogen and oxygen atoms in total. The molecule has 1 aromatic carbocycles. The van der Waals surface area contributed by atoms with Crippen molar-refractivity contribution in [2.24, 2.45) is 0 Å². The molecule has 5 heteroatoms. The summed E-state index contributed by atoms with van der Waals surface area (Å²) in [5, 5.41) is 3.34. The molecule has 1 aliphatic rings. The number of carbonyl (C=O) groups is 1. The summed E-state index contributed by atoms with van der Waals surface area (Å²) in [6.07, 6.45) is 1.92. The van der Waals surface area contributed by atoms with Crippen molar-refractivity contribution in [3.8, 4) is 11.5 Å². The van der Waals surface area contributed by atoms with Crippen molar-refractivity contribution in [3.05, 3.63) is 23.8 Å². The highest BCUT2D eigenvalue weighted by Gasteiger charge is 2.30. The third-order valence-electron chi connectivity index (χ3n) is 4.39. The summed E-state index contributed by atoms with van der Waals surface area (Å²) in [6, 6.07) is 5.30. The van der Waals surface area contributed by atoms with E-state index in [1.165, 1.54) is 0 Å². The van der Waals surface area contributed by atoms with E-state index in [4.69, 9.17) is 9.47 Å². The summed E-state index contributed by atoms with van der Waals surface area (Å²) in [5.74, 6) is 1.27. The van der Waals surface area contributed by atoms with Crippen molar-refractivity contribution < 1.29 is 14.3 Å². The third-order valence-corrected chi connectivity index (χ3v) is 4.39. The van der Waals surface area contributed by atoms with E-state index in [1.54, 1.807) is 32.4 Å². The van der Waals surface area contributed by atoms with Gasteiger partial charge in [0.25, 0.3) is 5.91 Å². The molecule has 0 radical (unpaired) electrons. The molecule has 0 aliphatic carbocycles. The molecular weight excluding hydrogens is 268 g/mol. The predicted molar refractivity (Wildman–Crippen MR) is 82.1 cm³/mol. The number of hydrogen-bond acceptors (Lipinski definition) is 4. The first kappa shape index (κ1) is 15.6. The molecule has 1 N–H and O–H groups in total. The average molecular weight is 292 g/mol. The molecule has 0 saturated carbocycles. The third kappa shape index (κ3) is 3.29. The van der Waals surface area contributed by atoms with Gasteiger partial charge in [-0.1, -0.05) is 0 Å². The van der Waals surface area contributed by atoms with E-state index in [0.717, 1.165) is 25.9 Å². The second-order valence-electron chi connectivity index (χ2n) is 5.67. The molecule has 0 spiro atoms. The first-order valence-electron chi connectivity index (χ1n) is 7.23. The van der Waals surface area contributed by atoms with Crippen LogP contribution in [0.25, 0.3) is 0 Å². The van der Waals surface area contributed by atoms with Gasteiger partial charge in [-0.2, -0.15) is 0 Å². The van der Waals surface area contributed by atoms with E-state index in [0.29, 0.717) is 17.1 Å². The zero-order valence-electron chi connectivity index (χ0n) is 13.2. The molecule has 2 rings (SSSR count). The minimum atomic E-state index is 0.0501. The standard InChI is InChI=1S/C16H24N2O3/c1-16(17-2)7-9-18(10-8-16)15(19)12-5-6-13(20-3)14(11-12)21-4/h5-6,11,17H,7-10H2,1-4H3. The number of nitrogens with zero attached hydrogens (tertiary/aromatic N) is 1. The van der Waals surface area contributed by atoms with Gasteiger partial charge in [-0.25, -0.2) is 0 Å². The van der Waals surface area contributed by atoms with Gasteiger partial charge in [0.2, 0.25) is 0 Å². The number of benzene rings is 1. The monoisotopic (exact) mass is 292 g/mol. The van der Waals surface area contributed by atoms with Crippen LogP contribution in [0, 0.1) is 0 Å². The fourth-order valence-electron chi connectivity index (χ4n) is 2.61. The Labute approximate surface area is 126 Å². The van der Waals surface area contributed by atoms with Gasteiger partial charge in [0, 0.05) is 24.2 Å². The minimum absolute atomic E-state index is 0.0501. The van der Waals surface area contributed by atoms with Crippen LogP contribution >= 0.6 is 0 Å². The van der Waals surface area contributed by atoms with E-state index in [2.05, 4.69) is 12.2 Å². The molecule has 116 valence electrons. The molecule has 1 aromatic rings. The molecule has 1 amide bonds. The summed E-state index contributed by atoms with van der Waals surface area (Å²) in [6.45, 7) is 3.74. The first-order chi connectivity index (χ1) is 10.0. The van der Waals surface area contributed by atoms with Gasteiger partial charge < -0.3 is 19.7 Å². The SMILES string of the molecule is CNC1(C)CCN(C(=O)c2ccc(OC)c(OC)c2)CC1. The zero-order valence-corrected chi connectivity index (χ0v) is 13.2. The minimum Gasteiger partial charge on any atom is -0.493 e. The zero-order chi connectivity index (χ0) is 15.5. The normalized spacial score (nSPS) is 17.4. The smallest absolute Gasteiger partial charge is 0.253 e. The average Bonchev–Trinajstić information content (AvgIpc) is 2.54. The Morgan fingerprint density at radius 1 is 1.19 bits per heavy atom. The quantitative estimate of drug-likeness (QED) is 0.921. The Bertz CT molecular complexity index is 508. The van der Waals surface area contributed by atoms with Crippen LogP contribution in [0.4, 0.5) is 0 Å². The Morgan fingerprint density at radius 2 is 1.81 bits per heavy atom. The number of rotatable bonds is 4. The molecule has 1 fully saturated rings. The lowest BCUT2D eigenvalue weighted by molar-refractivity contribution is 0.0661. The van der Waals surface area contributed by atoms with Crippen LogP contribution in [0.15, 0.2) is 18.2 Å². The molecule has 0 bridgehead atoms. The van der Waals surface area contributed by atoms with Gasteiger partial charge >= 0.3 is 0 Å². The summed E-state index contributed by atoms with van der Waals surface area (Å²) in [5.41, 5.74) is 0.773. The number of carbonyl (C=O) groups excluding carboxylic acids is 1. The maximum atomic E-state index is 12.6. The second kappa shape index (κ2) is 6.35. The highest BCUT2D eigenvalue weighted by atomic mass is 16.5. The Balaban J connectivity index is 2.11. The second-order valence-corrected chi connectivity index (χ2v) is 5.67. The highest BCUT2D eigenvalue weighted by molar-refractivity contribution is 5.95. The molecule has 21 heavy (non-hydrogen) atoms. The number of hydrogen-bond donors (Lipinski definition) is 1. The van der Waals surface area contributed by atoms with Crippen molar-refractivity contribution in [1.29, 1.82) is 0 Å². The Hall–Kier alpha value is -1.75. The highest BCUT2D eigenvalue weighted by Crippen LogP contribution is 2.29. The molecule has 0 atom stereocenters. The van der Waals surface area contributed by atoms with E-state index in [-0.39, 0.29) is 11.4 Å². The van der Waals surface area contributed by atoms with Crippen molar-refractivity contribution in [1.82, 2.24) is 10.2 Å². The van der Waals surface area contributed by atoms with Crippen LogP contribution in [0.2, 0.25) is 0 Å². The summed E-state index contributed by atoms with van der Waals surface area (Å²) < 4.78 is 10.5. The van der Waals surface area contributed by atoms with Crippen LogP contribution in [-0.2, 0) is 0 Å². The van der Waals surface area contributed by atoms with Crippen molar-refractivity contribution in [2.45, 2.75) is 25.3 Å². The lowest BCUT2D eigenvalue weighted by atomic mass is 9.89. The van der Waals surface area contributed by atoms with Gasteiger partial charge in [0.05, 0.1) is 14.2 Å². The first-order valence-corrected chi connectivity index (χ1v) is 7.23. The fraction of sp³-hybridized carbons (Fsp3) is 0.562. The van der Waals surface area contributed by atoms with E-state index < -0.39 is 0 Å². The van der Waals surface area contributed by atoms with Gasteiger partial charge in [0.1, 0.15) is 0 Å². The van der Waals surface area contributed by atoms with E-state index in [1.807, 2.05) is 11.9 Å². The molecule has 0 aromatic heterocycles. The van der Waals surface area contributed by atoms with Crippen LogP contribution in [0.1, 0.15) is 30.1 Å². The number of piperidine rings is 1. The van der Waals surface area contributed by atoms with E-state index >= 15 is 0 Å². The maximum absolute atomic E-state index is 12.6. The molecule has 1 heterocycles. The van der Waals surface area contributed by atoms with Crippen LogP contribution in [0.5, 0.6) is 11.5 Å². The number of ether oxygens (including phenoxy) is 2. The maximum Gasteiger partial charge on any atom is 0.253 e. The molecular formula is C16H24N2O3. The molecule has 0 unspecified atom stereocenters. The Kier molecular flexibility index (Phi) is 4.73. The largest absolute Gasteiger partial charge is 0.493 e. The number of amides is 1. The van der Waals surface area contributed by atoms with Crippen LogP contribution in [-0.4, -0.2) is 50.7 Å².